The molecule has 0 bridgehead atoms. The summed E-state index contributed by atoms with van der Waals surface area (Å²) in [5.41, 5.74) is 4.17. The molecule has 1 aromatic rings. The molecule has 0 unspecified atom stereocenters. The second-order valence-corrected chi connectivity index (χ2v) is 5.36. The van der Waals surface area contributed by atoms with Crippen LogP contribution in [0.1, 0.15) is 37.0 Å². The van der Waals surface area contributed by atoms with Crippen LogP contribution in [0.3, 0.4) is 0 Å². The molecule has 0 aliphatic rings. The van der Waals surface area contributed by atoms with Crippen molar-refractivity contribution >= 4 is 0 Å². The summed E-state index contributed by atoms with van der Waals surface area (Å²) in [7, 11) is 0. The van der Waals surface area contributed by atoms with E-state index in [9.17, 15) is 0 Å². The van der Waals surface area contributed by atoms with Gasteiger partial charge in [-0.05, 0) is 49.4 Å². The molecule has 18 heavy (non-hydrogen) atoms. The van der Waals surface area contributed by atoms with Crippen molar-refractivity contribution < 1.29 is 4.74 Å². The van der Waals surface area contributed by atoms with Gasteiger partial charge in [0.2, 0.25) is 0 Å². The number of hydrogen-bond acceptors (Lipinski definition) is 2. The lowest BCUT2D eigenvalue weighted by molar-refractivity contribution is 0.108. The van der Waals surface area contributed by atoms with Gasteiger partial charge in [0, 0.05) is 19.8 Å². The first-order chi connectivity index (χ1) is 8.61. The molecule has 0 heterocycles. The van der Waals surface area contributed by atoms with Crippen LogP contribution in [0.2, 0.25) is 0 Å². The van der Waals surface area contributed by atoms with E-state index in [0.29, 0.717) is 5.92 Å². The third kappa shape index (κ3) is 5.65. The summed E-state index contributed by atoms with van der Waals surface area (Å²) >= 11 is 0. The lowest BCUT2D eigenvalue weighted by Gasteiger charge is -2.10. The van der Waals surface area contributed by atoms with Crippen LogP contribution in [0, 0.1) is 19.8 Å². The number of rotatable bonds is 8. The number of ether oxygens (including phenoxy) is 1. The molecule has 0 atom stereocenters. The van der Waals surface area contributed by atoms with Gasteiger partial charge in [0.05, 0.1) is 0 Å². The molecular weight excluding hydrogens is 222 g/mol. The monoisotopic (exact) mass is 249 g/mol. The Balaban J connectivity index is 2.13. The van der Waals surface area contributed by atoms with Gasteiger partial charge in [-0.3, -0.25) is 0 Å². The first kappa shape index (κ1) is 15.2. The van der Waals surface area contributed by atoms with Crippen molar-refractivity contribution in [3.8, 4) is 0 Å². The average molecular weight is 249 g/mol. The second-order valence-electron chi connectivity index (χ2n) is 5.36. The molecule has 0 fully saturated rings. The fraction of sp³-hybridized carbons (Fsp3) is 0.625. The van der Waals surface area contributed by atoms with Crippen LogP contribution in [0.5, 0.6) is 0 Å². The maximum absolute atomic E-state index is 5.55. The Hall–Kier alpha value is -0.860. The average Bonchev–Trinajstić information content (AvgIpc) is 2.32. The summed E-state index contributed by atoms with van der Waals surface area (Å²) in [5, 5.41) is 3.48. The summed E-state index contributed by atoms with van der Waals surface area (Å²) in [4.78, 5) is 0. The van der Waals surface area contributed by atoms with Gasteiger partial charge in [-0.15, -0.1) is 0 Å². The van der Waals surface area contributed by atoms with Crippen molar-refractivity contribution in [1.82, 2.24) is 5.32 Å². The Labute approximate surface area is 112 Å². The highest BCUT2D eigenvalue weighted by Gasteiger charge is 1.99. The normalized spacial score (nSPS) is 11.2. The molecule has 102 valence electrons. The minimum Gasteiger partial charge on any atom is -0.381 e. The first-order valence-corrected chi connectivity index (χ1v) is 6.94. The van der Waals surface area contributed by atoms with Crippen LogP contribution in [0.15, 0.2) is 18.2 Å². The van der Waals surface area contributed by atoms with E-state index in [-0.39, 0.29) is 0 Å². The third-order valence-corrected chi connectivity index (χ3v) is 3.13. The van der Waals surface area contributed by atoms with Gasteiger partial charge >= 0.3 is 0 Å². The summed E-state index contributed by atoms with van der Waals surface area (Å²) in [5.74, 6) is 0.632. The van der Waals surface area contributed by atoms with Crippen LogP contribution in [0.4, 0.5) is 0 Å². The Morgan fingerprint density at radius 3 is 2.72 bits per heavy atom. The number of aryl methyl sites for hydroxylation is 1. The van der Waals surface area contributed by atoms with Gasteiger partial charge in [-0.1, -0.05) is 32.0 Å². The van der Waals surface area contributed by atoms with Crippen LogP contribution in [-0.4, -0.2) is 19.8 Å². The van der Waals surface area contributed by atoms with Gasteiger partial charge in [-0.25, -0.2) is 0 Å². The van der Waals surface area contributed by atoms with Crippen molar-refractivity contribution in [2.75, 3.05) is 19.8 Å². The van der Waals surface area contributed by atoms with Gasteiger partial charge in [0.1, 0.15) is 0 Å². The van der Waals surface area contributed by atoms with E-state index in [1.807, 2.05) is 0 Å². The first-order valence-electron chi connectivity index (χ1n) is 6.94. The van der Waals surface area contributed by atoms with Crippen molar-refractivity contribution in [2.45, 2.75) is 40.7 Å². The summed E-state index contributed by atoms with van der Waals surface area (Å²) < 4.78 is 5.55. The van der Waals surface area contributed by atoms with Gasteiger partial charge in [-0.2, -0.15) is 0 Å². The Kier molecular flexibility index (Phi) is 6.99. The molecule has 0 aliphatic carbocycles. The highest BCUT2D eigenvalue weighted by molar-refractivity contribution is 5.32. The van der Waals surface area contributed by atoms with Gasteiger partial charge < -0.3 is 10.1 Å². The second kappa shape index (κ2) is 8.28. The summed E-state index contributed by atoms with van der Waals surface area (Å²) in [6.07, 6.45) is 1.08. The van der Waals surface area contributed by atoms with Gasteiger partial charge in [0.15, 0.2) is 0 Å². The molecule has 0 spiro atoms. The molecule has 0 saturated heterocycles. The molecule has 0 amide bonds. The Bertz CT molecular complexity index is 347. The van der Waals surface area contributed by atoms with Gasteiger partial charge in [0.25, 0.3) is 0 Å². The van der Waals surface area contributed by atoms with E-state index in [1.54, 1.807) is 0 Å². The zero-order valence-electron chi connectivity index (χ0n) is 12.3. The fourth-order valence-electron chi connectivity index (χ4n) is 1.84. The summed E-state index contributed by atoms with van der Waals surface area (Å²) in [6.45, 7) is 12.4. The van der Waals surface area contributed by atoms with E-state index >= 15 is 0 Å². The van der Waals surface area contributed by atoms with E-state index < -0.39 is 0 Å². The van der Waals surface area contributed by atoms with Crippen LogP contribution in [0.25, 0.3) is 0 Å². The molecule has 1 rings (SSSR count). The zero-order chi connectivity index (χ0) is 13.4. The number of benzene rings is 1. The Morgan fingerprint density at radius 1 is 1.22 bits per heavy atom. The number of nitrogens with one attached hydrogen (secondary N) is 1. The maximum Gasteiger partial charge on any atom is 0.0489 e. The van der Waals surface area contributed by atoms with Crippen molar-refractivity contribution in [3.05, 3.63) is 34.9 Å². The SMILES string of the molecule is Cc1cccc(CNCCCOCC(C)C)c1C. The summed E-state index contributed by atoms with van der Waals surface area (Å²) in [6, 6.07) is 6.49. The van der Waals surface area contributed by atoms with Crippen LogP contribution in [-0.2, 0) is 11.3 Å². The lowest BCUT2D eigenvalue weighted by atomic mass is 10.0. The molecule has 0 aliphatic heterocycles. The molecule has 0 radical (unpaired) electrons. The molecule has 0 saturated carbocycles. The fourth-order valence-corrected chi connectivity index (χ4v) is 1.84. The molecular formula is C16H27NO. The number of hydrogen-bond donors (Lipinski definition) is 1. The van der Waals surface area contributed by atoms with Crippen molar-refractivity contribution in [3.63, 3.8) is 0 Å². The largest absolute Gasteiger partial charge is 0.381 e. The Morgan fingerprint density at radius 2 is 2.00 bits per heavy atom. The molecule has 2 nitrogen and oxygen atoms in total. The van der Waals surface area contributed by atoms with E-state index in [1.165, 1.54) is 16.7 Å². The van der Waals surface area contributed by atoms with Crippen molar-refractivity contribution in [2.24, 2.45) is 5.92 Å². The van der Waals surface area contributed by atoms with Crippen molar-refractivity contribution in [1.29, 1.82) is 0 Å². The standard InChI is InChI=1S/C16H27NO/c1-13(2)12-18-10-6-9-17-11-16-8-5-7-14(3)15(16)4/h5,7-8,13,17H,6,9-12H2,1-4H3. The van der Waals surface area contributed by atoms with E-state index in [0.717, 1.165) is 32.7 Å². The predicted octanol–water partition coefficient (Wildman–Crippen LogP) is 3.46. The third-order valence-electron chi connectivity index (χ3n) is 3.13. The minimum absolute atomic E-state index is 0.632. The topological polar surface area (TPSA) is 21.3 Å². The van der Waals surface area contributed by atoms with E-state index in [4.69, 9.17) is 4.74 Å². The smallest absolute Gasteiger partial charge is 0.0489 e. The quantitative estimate of drug-likeness (QED) is 0.712. The molecule has 1 N–H and O–H groups in total. The molecule has 0 aromatic heterocycles. The lowest BCUT2D eigenvalue weighted by Crippen LogP contribution is -2.17. The minimum atomic E-state index is 0.632. The zero-order valence-corrected chi connectivity index (χ0v) is 12.3. The van der Waals surface area contributed by atoms with Crippen LogP contribution < -0.4 is 5.32 Å². The van der Waals surface area contributed by atoms with E-state index in [2.05, 4.69) is 51.2 Å². The highest BCUT2D eigenvalue weighted by Crippen LogP contribution is 2.12. The van der Waals surface area contributed by atoms with Crippen LogP contribution >= 0.6 is 0 Å². The molecule has 2 heteroatoms. The maximum atomic E-state index is 5.55. The predicted molar refractivity (Wildman–Crippen MR) is 77.9 cm³/mol. The highest BCUT2D eigenvalue weighted by atomic mass is 16.5. The molecule has 1 aromatic carbocycles.